The van der Waals surface area contributed by atoms with E-state index in [0.717, 1.165) is 9.35 Å². The van der Waals surface area contributed by atoms with E-state index in [1.807, 2.05) is 11.4 Å². The highest BCUT2D eigenvalue weighted by Crippen LogP contribution is 2.32. The van der Waals surface area contributed by atoms with E-state index in [1.165, 1.54) is 23.5 Å². The highest BCUT2D eigenvalue weighted by Gasteiger charge is 2.22. The number of hydrogen-bond donors (Lipinski definition) is 1. The van der Waals surface area contributed by atoms with Crippen molar-refractivity contribution < 1.29 is 8.78 Å². The van der Waals surface area contributed by atoms with Gasteiger partial charge in [-0.3, -0.25) is 0 Å². The molecule has 0 fully saturated rings. The first-order valence-electron chi connectivity index (χ1n) is 5.40. The monoisotopic (exact) mass is 331 g/mol. The van der Waals surface area contributed by atoms with Crippen molar-refractivity contribution in [2.24, 2.45) is 0 Å². The average Bonchev–Trinajstić information content (AvgIpc) is 2.76. The van der Waals surface area contributed by atoms with E-state index in [1.54, 1.807) is 14.0 Å². The van der Waals surface area contributed by atoms with Crippen molar-refractivity contribution in [3.63, 3.8) is 0 Å². The first-order valence-corrected chi connectivity index (χ1v) is 7.07. The van der Waals surface area contributed by atoms with Crippen molar-refractivity contribution in [1.29, 1.82) is 0 Å². The van der Waals surface area contributed by atoms with Crippen LogP contribution in [0.15, 0.2) is 27.4 Å². The summed E-state index contributed by atoms with van der Waals surface area (Å²) in [5.74, 6) is -1.02. The Morgan fingerprint density at radius 2 is 2.06 bits per heavy atom. The van der Waals surface area contributed by atoms with Crippen molar-refractivity contribution in [3.8, 4) is 0 Å². The zero-order valence-corrected chi connectivity index (χ0v) is 12.3. The van der Waals surface area contributed by atoms with Crippen LogP contribution in [0.1, 0.15) is 22.7 Å². The van der Waals surface area contributed by atoms with Gasteiger partial charge in [0.15, 0.2) is 0 Å². The molecule has 5 heteroatoms. The van der Waals surface area contributed by atoms with Crippen LogP contribution in [0.4, 0.5) is 8.78 Å². The van der Waals surface area contributed by atoms with Gasteiger partial charge in [-0.1, -0.05) is 6.07 Å². The lowest BCUT2D eigenvalue weighted by Gasteiger charge is -2.18. The lowest BCUT2D eigenvalue weighted by atomic mass is 9.98. The topological polar surface area (TPSA) is 12.0 Å². The van der Waals surface area contributed by atoms with Gasteiger partial charge >= 0.3 is 0 Å². The second-order valence-electron chi connectivity index (χ2n) is 4.00. The molecule has 2 aromatic rings. The van der Waals surface area contributed by atoms with Gasteiger partial charge in [0, 0.05) is 5.56 Å². The number of benzene rings is 1. The molecule has 2 rings (SSSR count). The minimum atomic E-state index is -0.528. The molecule has 0 aliphatic rings. The van der Waals surface area contributed by atoms with Gasteiger partial charge < -0.3 is 5.32 Å². The molecule has 0 bridgehead atoms. The van der Waals surface area contributed by atoms with Gasteiger partial charge in [-0.15, -0.1) is 11.3 Å². The molecule has 0 amide bonds. The number of hydrogen-bond acceptors (Lipinski definition) is 2. The van der Waals surface area contributed by atoms with Gasteiger partial charge in [0.2, 0.25) is 0 Å². The Bertz CT molecular complexity index is 568. The smallest absolute Gasteiger partial charge is 0.134 e. The van der Waals surface area contributed by atoms with E-state index < -0.39 is 17.7 Å². The lowest BCUT2D eigenvalue weighted by molar-refractivity contribution is 0.518. The summed E-state index contributed by atoms with van der Waals surface area (Å²) in [5.41, 5.74) is 1.36. The SMILES string of the molecule is CNC(c1csc(Br)c1)c1c(F)ccc(C)c1F. The normalized spacial score (nSPS) is 12.7. The molecule has 0 radical (unpaired) electrons. The highest BCUT2D eigenvalue weighted by molar-refractivity contribution is 9.11. The predicted molar refractivity (Wildman–Crippen MR) is 74.0 cm³/mol. The quantitative estimate of drug-likeness (QED) is 0.878. The molecule has 0 saturated carbocycles. The van der Waals surface area contributed by atoms with Crippen molar-refractivity contribution in [1.82, 2.24) is 5.32 Å². The van der Waals surface area contributed by atoms with Crippen LogP contribution in [-0.4, -0.2) is 7.05 Å². The fraction of sp³-hybridized carbons (Fsp3) is 0.231. The van der Waals surface area contributed by atoms with Crippen LogP contribution in [0, 0.1) is 18.6 Å². The molecule has 0 spiro atoms. The van der Waals surface area contributed by atoms with E-state index in [-0.39, 0.29) is 5.56 Å². The molecule has 0 aliphatic heterocycles. The zero-order chi connectivity index (χ0) is 13.3. The van der Waals surface area contributed by atoms with Gasteiger partial charge in [-0.2, -0.15) is 0 Å². The Kier molecular flexibility index (Phi) is 4.14. The largest absolute Gasteiger partial charge is 0.309 e. The molecule has 1 N–H and O–H groups in total. The zero-order valence-electron chi connectivity index (χ0n) is 9.93. The van der Waals surface area contributed by atoms with Crippen molar-refractivity contribution >= 4 is 27.3 Å². The third-order valence-corrected chi connectivity index (χ3v) is 4.34. The molecular weight excluding hydrogens is 320 g/mol. The van der Waals surface area contributed by atoms with E-state index in [0.29, 0.717) is 5.56 Å². The van der Waals surface area contributed by atoms with E-state index in [2.05, 4.69) is 21.2 Å². The summed E-state index contributed by atoms with van der Waals surface area (Å²) in [6.45, 7) is 1.63. The van der Waals surface area contributed by atoms with Crippen LogP contribution in [0.25, 0.3) is 0 Å². The van der Waals surface area contributed by atoms with Crippen LogP contribution in [0.5, 0.6) is 0 Å². The van der Waals surface area contributed by atoms with E-state index >= 15 is 0 Å². The number of aryl methyl sites for hydroxylation is 1. The summed E-state index contributed by atoms with van der Waals surface area (Å²) in [5, 5.41) is 4.84. The first-order chi connectivity index (χ1) is 8.54. The number of thiophene rings is 1. The fourth-order valence-corrected chi connectivity index (χ4v) is 3.10. The molecule has 1 heterocycles. The second kappa shape index (κ2) is 5.47. The average molecular weight is 332 g/mol. The Hall–Kier alpha value is -0.780. The minimum absolute atomic E-state index is 0.0720. The van der Waals surface area contributed by atoms with Crippen molar-refractivity contribution in [2.45, 2.75) is 13.0 Å². The minimum Gasteiger partial charge on any atom is -0.309 e. The summed E-state index contributed by atoms with van der Waals surface area (Å²) in [6.07, 6.45) is 0. The predicted octanol–water partition coefficient (Wildman–Crippen LogP) is 4.41. The van der Waals surface area contributed by atoms with Gasteiger partial charge in [0.1, 0.15) is 11.6 Å². The van der Waals surface area contributed by atoms with Gasteiger partial charge in [0.05, 0.1) is 9.83 Å². The summed E-state index contributed by atoms with van der Waals surface area (Å²) in [4.78, 5) is 0. The number of nitrogens with one attached hydrogen (secondary N) is 1. The van der Waals surface area contributed by atoms with Gasteiger partial charge in [-0.25, -0.2) is 8.78 Å². The van der Waals surface area contributed by atoms with Crippen LogP contribution >= 0.6 is 27.3 Å². The Labute approximate surface area is 117 Å². The third kappa shape index (κ3) is 2.48. The molecule has 1 aromatic carbocycles. The standard InChI is InChI=1S/C13H12BrF2NS/c1-7-3-4-9(15)11(12(7)16)13(17-2)8-5-10(14)18-6-8/h3-6,13,17H,1-2H3. The van der Waals surface area contributed by atoms with E-state index in [9.17, 15) is 8.78 Å². The Balaban J connectivity index is 2.55. The summed E-state index contributed by atoms with van der Waals surface area (Å²) >= 11 is 4.85. The van der Waals surface area contributed by atoms with Crippen LogP contribution in [-0.2, 0) is 0 Å². The molecule has 1 unspecified atom stereocenters. The van der Waals surface area contributed by atoms with Crippen LogP contribution < -0.4 is 5.32 Å². The fourth-order valence-electron chi connectivity index (χ4n) is 1.90. The van der Waals surface area contributed by atoms with Crippen LogP contribution in [0.2, 0.25) is 0 Å². The van der Waals surface area contributed by atoms with Crippen molar-refractivity contribution in [2.75, 3.05) is 7.05 Å². The second-order valence-corrected chi connectivity index (χ2v) is 6.29. The number of halogens is 3. The molecule has 1 nitrogen and oxygen atoms in total. The Morgan fingerprint density at radius 3 is 2.61 bits per heavy atom. The first kappa shape index (κ1) is 13.6. The lowest BCUT2D eigenvalue weighted by Crippen LogP contribution is -2.20. The highest BCUT2D eigenvalue weighted by atomic mass is 79.9. The van der Waals surface area contributed by atoms with E-state index in [4.69, 9.17) is 0 Å². The molecule has 1 aromatic heterocycles. The summed E-state index contributed by atoms with van der Waals surface area (Å²) in [7, 11) is 1.69. The molecule has 96 valence electrons. The Morgan fingerprint density at radius 1 is 1.33 bits per heavy atom. The summed E-state index contributed by atoms with van der Waals surface area (Å²) in [6, 6.07) is 4.14. The molecule has 18 heavy (non-hydrogen) atoms. The summed E-state index contributed by atoms with van der Waals surface area (Å²) < 4.78 is 28.9. The molecule has 1 atom stereocenters. The van der Waals surface area contributed by atoms with Gasteiger partial charge in [0.25, 0.3) is 0 Å². The molecular formula is C13H12BrF2NS. The van der Waals surface area contributed by atoms with Crippen molar-refractivity contribution in [3.05, 3.63) is 55.7 Å². The maximum absolute atomic E-state index is 14.1. The number of rotatable bonds is 3. The maximum Gasteiger partial charge on any atom is 0.134 e. The molecule has 0 saturated heterocycles. The third-order valence-electron chi connectivity index (χ3n) is 2.82. The van der Waals surface area contributed by atoms with Crippen LogP contribution in [0.3, 0.4) is 0 Å². The maximum atomic E-state index is 14.1. The molecule has 0 aliphatic carbocycles. The van der Waals surface area contributed by atoms with Gasteiger partial charge in [-0.05, 0) is 58.5 Å².